The molecule has 1 heterocycles. The molecule has 21 heavy (non-hydrogen) atoms. The number of hydrogen-bond acceptors (Lipinski definition) is 2. The van der Waals surface area contributed by atoms with Gasteiger partial charge in [-0.15, -0.1) is 0 Å². The zero-order valence-corrected chi connectivity index (χ0v) is 12.9. The van der Waals surface area contributed by atoms with Crippen LogP contribution in [0.5, 0.6) is 0 Å². The van der Waals surface area contributed by atoms with Gasteiger partial charge < -0.3 is 9.88 Å². The van der Waals surface area contributed by atoms with E-state index >= 15 is 0 Å². The number of nitrogens with one attached hydrogen (secondary N) is 1. The smallest absolute Gasteiger partial charge is 0.253 e. The maximum atomic E-state index is 12.1. The van der Waals surface area contributed by atoms with Gasteiger partial charge in [-0.05, 0) is 30.7 Å². The van der Waals surface area contributed by atoms with Crippen LogP contribution in [0.3, 0.4) is 0 Å². The van der Waals surface area contributed by atoms with Gasteiger partial charge in [-0.2, -0.15) is 0 Å². The van der Waals surface area contributed by atoms with Crippen LogP contribution in [-0.2, 0) is 13.1 Å². The third-order valence-electron chi connectivity index (χ3n) is 3.04. The fourth-order valence-electron chi connectivity index (χ4n) is 1.86. The lowest BCUT2D eigenvalue weighted by Gasteiger charge is -2.09. The van der Waals surface area contributed by atoms with E-state index in [9.17, 15) is 9.59 Å². The molecule has 1 aromatic carbocycles. The van der Waals surface area contributed by atoms with Gasteiger partial charge in [-0.1, -0.05) is 29.3 Å². The highest BCUT2D eigenvalue weighted by molar-refractivity contribution is 6.35. The molecule has 0 unspecified atom stereocenters. The summed E-state index contributed by atoms with van der Waals surface area (Å²) >= 11 is 11.9. The van der Waals surface area contributed by atoms with Crippen LogP contribution in [0, 0.1) is 0 Å². The third kappa shape index (κ3) is 3.86. The molecule has 0 atom stereocenters. The first-order valence-electron chi connectivity index (χ1n) is 6.44. The number of rotatable bonds is 4. The second-order valence-electron chi connectivity index (χ2n) is 4.46. The molecule has 6 heteroatoms. The molecule has 110 valence electrons. The SMILES string of the molecule is CCn1cc(C(=O)NCc2ccc(Cl)cc2Cl)ccc1=O. The minimum Gasteiger partial charge on any atom is -0.348 e. The first-order valence-corrected chi connectivity index (χ1v) is 7.19. The predicted molar refractivity (Wildman–Crippen MR) is 84.0 cm³/mol. The Kier molecular flexibility index (Phi) is 5.04. The van der Waals surface area contributed by atoms with E-state index in [-0.39, 0.29) is 11.5 Å². The third-order valence-corrected chi connectivity index (χ3v) is 3.63. The monoisotopic (exact) mass is 324 g/mol. The second kappa shape index (κ2) is 6.78. The molecule has 2 rings (SSSR count). The lowest BCUT2D eigenvalue weighted by Crippen LogP contribution is -2.26. The molecule has 0 aliphatic rings. The number of aromatic nitrogens is 1. The second-order valence-corrected chi connectivity index (χ2v) is 5.30. The number of pyridine rings is 1. The van der Waals surface area contributed by atoms with Gasteiger partial charge in [-0.3, -0.25) is 9.59 Å². The summed E-state index contributed by atoms with van der Waals surface area (Å²) in [5.74, 6) is -0.261. The molecule has 0 saturated carbocycles. The summed E-state index contributed by atoms with van der Waals surface area (Å²) in [6, 6.07) is 7.99. The largest absolute Gasteiger partial charge is 0.348 e. The van der Waals surface area contributed by atoms with E-state index in [4.69, 9.17) is 23.2 Å². The van der Waals surface area contributed by atoms with E-state index < -0.39 is 0 Å². The number of carbonyl (C=O) groups excluding carboxylic acids is 1. The number of aryl methyl sites for hydroxylation is 1. The van der Waals surface area contributed by atoms with E-state index in [0.29, 0.717) is 28.7 Å². The van der Waals surface area contributed by atoms with Gasteiger partial charge in [0.1, 0.15) is 0 Å². The first kappa shape index (κ1) is 15.6. The molecular weight excluding hydrogens is 311 g/mol. The first-order chi connectivity index (χ1) is 10.0. The molecule has 1 aromatic heterocycles. The highest BCUT2D eigenvalue weighted by atomic mass is 35.5. The van der Waals surface area contributed by atoms with Crippen molar-refractivity contribution >= 4 is 29.1 Å². The van der Waals surface area contributed by atoms with Crippen LogP contribution in [-0.4, -0.2) is 10.5 Å². The Labute approximate surface area is 132 Å². The van der Waals surface area contributed by atoms with Crippen molar-refractivity contribution in [1.82, 2.24) is 9.88 Å². The molecule has 4 nitrogen and oxygen atoms in total. The molecule has 0 aliphatic carbocycles. The van der Waals surface area contributed by atoms with Gasteiger partial charge in [0.15, 0.2) is 0 Å². The fraction of sp³-hybridized carbons (Fsp3) is 0.200. The van der Waals surface area contributed by atoms with Gasteiger partial charge in [0.25, 0.3) is 11.5 Å². The summed E-state index contributed by atoms with van der Waals surface area (Å²) in [7, 11) is 0. The van der Waals surface area contributed by atoms with Crippen LogP contribution in [0.4, 0.5) is 0 Å². The van der Waals surface area contributed by atoms with Gasteiger partial charge in [0.05, 0.1) is 5.56 Å². The van der Waals surface area contributed by atoms with Crippen molar-refractivity contribution in [2.24, 2.45) is 0 Å². The van der Waals surface area contributed by atoms with Crippen molar-refractivity contribution in [2.45, 2.75) is 20.0 Å². The molecule has 1 amide bonds. The van der Waals surface area contributed by atoms with Crippen LogP contribution in [0.25, 0.3) is 0 Å². The van der Waals surface area contributed by atoms with Crippen molar-refractivity contribution in [2.75, 3.05) is 0 Å². The van der Waals surface area contributed by atoms with Crippen LogP contribution in [0.2, 0.25) is 10.0 Å². The summed E-state index contributed by atoms with van der Waals surface area (Å²) in [4.78, 5) is 23.6. The predicted octanol–water partition coefficient (Wildman–Crippen LogP) is 3.11. The van der Waals surface area contributed by atoms with Crippen LogP contribution < -0.4 is 10.9 Å². The summed E-state index contributed by atoms with van der Waals surface area (Å²) in [5, 5.41) is 3.81. The van der Waals surface area contributed by atoms with Crippen molar-refractivity contribution in [3.63, 3.8) is 0 Å². The fourth-order valence-corrected chi connectivity index (χ4v) is 2.33. The van der Waals surface area contributed by atoms with Gasteiger partial charge in [0, 0.05) is 35.4 Å². The van der Waals surface area contributed by atoms with E-state index in [1.807, 2.05) is 6.92 Å². The average Bonchev–Trinajstić information content (AvgIpc) is 2.46. The molecule has 0 radical (unpaired) electrons. The van der Waals surface area contributed by atoms with E-state index in [1.54, 1.807) is 24.4 Å². The molecule has 2 aromatic rings. The molecule has 0 saturated heterocycles. The van der Waals surface area contributed by atoms with Crippen molar-refractivity contribution in [3.8, 4) is 0 Å². The lowest BCUT2D eigenvalue weighted by molar-refractivity contribution is 0.0950. The Balaban J connectivity index is 2.09. The van der Waals surface area contributed by atoms with Crippen LogP contribution in [0.15, 0.2) is 41.3 Å². The zero-order valence-electron chi connectivity index (χ0n) is 11.4. The summed E-state index contributed by atoms with van der Waals surface area (Å²) < 4.78 is 1.48. The number of nitrogens with zero attached hydrogens (tertiary/aromatic N) is 1. The number of hydrogen-bond donors (Lipinski definition) is 1. The van der Waals surface area contributed by atoms with Gasteiger partial charge in [-0.25, -0.2) is 0 Å². The topological polar surface area (TPSA) is 51.1 Å². The maximum absolute atomic E-state index is 12.1. The van der Waals surface area contributed by atoms with Crippen molar-refractivity contribution in [1.29, 1.82) is 0 Å². The normalized spacial score (nSPS) is 10.4. The minimum absolute atomic E-state index is 0.130. The molecule has 1 N–H and O–H groups in total. The minimum atomic E-state index is -0.261. The number of carbonyl (C=O) groups is 1. The van der Waals surface area contributed by atoms with E-state index in [2.05, 4.69) is 5.32 Å². The Hall–Kier alpha value is -1.78. The molecule has 0 bridgehead atoms. The van der Waals surface area contributed by atoms with Crippen LogP contribution in [0.1, 0.15) is 22.8 Å². The highest BCUT2D eigenvalue weighted by Gasteiger charge is 2.08. The standard InChI is InChI=1S/C15H14Cl2N2O2/c1-2-19-9-11(4-6-14(19)20)15(21)18-8-10-3-5-12(16)7-13(10)17/h3-7,9H,2,8H2,1H3,(H,18,21). The van der Waals surface area contributed by atoms with E-state index in [0.717, 1.165) is 5.56 Å². The Morgan fingerprint density at radius 2 is 2.00 bits per heavy atom. The van der Waals surface area contributed by atoms with Gasteiger partial charge in [0.2, 0.25) is 0 Å². The average molecular weight is 325 g/mol. The quantitative estimate of drug-likeness (QED) is 0.939. The highest BCUT2D eigenvalue weighted by Crippen LogP contribution is 2.20. The lowest BCUT2D eigenvalue weighted by atomic mass is 10.2. The number of halogens is 2. The summed E-state index contributed by atoms with van der Waals surface area (Å²) in [6.07, 6.45) is 1.54. The van der Waals surface area contributed by atoms with Crippen molar-refractivity contribution in [3.05, 3.63) is 68.1 Å². The Morgan fingerprint density at radius 1 is 1.24 bits per heavy atom. The van der Waals surface area contributed by atoms with E-state index in [1.165, 1.54) is 16.7 Å². The summed E-state index contributed by atoms with van der Waals surface area (Å²) in [5.41, 5.74) is 1.08. The number of benzene rings is 1. The maximum Gasteiger partial charge on any atom is 0.253 e. The molecule has 0 aliphatic heterocycles. The molecule has 0 fully saturated rings. The Bertz CT molecular complexity index is 726. The van der Waals surface area contributed by atoms with Gasteiger partial charge >= 0.3 is 0 Å². The zero-order chi connectivity index (χ0) is 15.4. The molecular formula is C15H14Cl2N2O2. The molecule has 0 spiro atoms. The Morgan fingerprint density at radius 3 is 2.67 bits per heavy atom. The number of amides is 1. The summed E-state index contributed by atoms with van der Waals surface area (Å²) in [6.45, 7) is 2.65. The van der Waals surface area contributed by atoms with Crippen molar-refractivity contribution < 1.29 is 4.79 Å². The van der Waals surface area contributed by atoms with Crippen LogP contribution >= 0.6 is 23.2 Å².